The first-order valence-corrected chi connectivity index (χ1v) is 9.31. The fourth-order valence-electron chi connectivity index (χ4n) is 3.20. The van der Waals surface area contributed by atoms with Crippen LogP contribution >= 0.6 is 15.9 Å². The number of amides is 1. The van der Waals surface area contributed by atoms with Gasteiger partial charge in [0.25, 0.3) is 5.91 Å². The van der Waals surface area contributed by atoms with Crippen molar-refractivity contribution in [2.24, 2.45) is 0 Å². The van der Waals surface area contributed by atoms with Gasteiger partial charge >= 0.3 is 0 Å². The first-order chi connectivity index (χ1) is 12.0. The minimum Gasteiger partial charge on any atom is -0.483 e. The number of halogens is 1. The van der Waals surface area contributed by atoms with Gasteiger partial charge < -0.3 is 14.5 Å². The Balaban J connectivity index is 1.53. The molecule has 3 rings (SSSR count). The number of hydrogen-bond acceptors (Lipinski definition) is 3. The number of hydrogen-bond donors (Lipinski definition) is 0. The number of anilines is 1. The van der Waals surface area contributed by atoms with Crippen LogP contribution in [-0.4, -0.2) is 43.6 Å². The Hall–Kier alpha value is -2.01. The van der Waals surface area contributed by atoms with Gasteiger partial charge in [0.15, 0.2) is 6.61 Å². The van der Waals surface area contributed by atoms with E-state index in [0.717, 1.165) is 47.5 Å². The number of piperazine rings is 1. The summed E-state index contributed by atoms with van der Waals surface area (Å²) < 4.78 is 6.85. The Kier molecular flexibility index (Phi) is 5.63. The van der Waals surface area contributed by atoms with Gasteiger partial charge in [-0.2, -0.15) is 0 Å². The van der Waals surface area contributed by atoms with Crippen LogP contribution in [0.4, 0.5) is 5.69 Å². The van der Waals surface area contributed by atoms with Crippen LogP contribution in [0.5, 0.6) is 5.75 Å². The van der Waals surface area contributed by atoms with Crippen molar-refractivity contribution < 1.29 is 9.53 Å². The Bertz CT molecular complexity index is 718. The normalized spacial score (nSPS) is 14.5. The lowest BCUT2D eigenvalue weighted by atomic mass is 10.1. The van der Waals surface area contributed by atoms with Gasteiger partial charge in [0, 0.05) is 36.3 Å². The molecule has 0 aliphatic carbocycles. The lowest BCUT2D eigenvalue weighted by Crippen LogP contribution is -2.50. The van der Waals surface area contributed by atoms with Crippen LogP contribution in [-0.2, 0) is 4.79 Å². The molecular formula is C20H23BrN2O2. The highest BCUT2D eigenvalue weighted by Crippen LogP contribution is 2.27. The van der Waals surface area contributed by atoms with Crippen molar-refractivity contribution in [3.63, 3.8) is 0 Å². The quantitative estimate of drug-likeness (QED) is 0.779. The highest BCUT2D eigenvalue weighted by molar-refractivity contribution is 9.10. The molecule has 1 aliphatic rings. The molecule has 25 heavy (non-hydrogen) atoms. The highest BCUT2D eigenvalue weighted by atomic mass is 79.9. The maximum Gasteiger partial charge on any atom is 0.260 e. The lowest BCUT2D eigenvalue weighted by molar-refractivity contribution is -0.133. The minimum absolute atomic E-state index is 0.0504. The molecule has 5 heteroatoms. The molecule has 0 N–H and O–H groups in total. The molecule has 4 nitrogen and oxygen atoms in total. The SMILES string of the molecule is Cc1cc(Br)cc(C)c1OCC(=O)N1CCN(c2ccccc2)CC1. The average Bonchev–Trinajstić information content (AvgIpc) is 2.61. The fourth-order valence-corrected chi connectivity index (χ4v) is 3.89. The second-order valence-electron chi connectivity index (χ2n) is 6.36. The first kappa shape index (κ1) is 17.8. The fraction of sp³-hybridized carbons (Fsp3) is 0.350. The van der Waals surface area contributed by atoms with Gasteiger partial charge in [-0.25, -0.2) is 0 Å². The number of carbonyl (C=O) groups excluding carboxylic acids is 1. The van der Waals surface area contributed by atoms with E-state index in [1.165, 1.54) is 5.69 Å². The van der Waals surface area contributed by atoms with E-state index in [-0.39, 0.29) is 12.5 Å². The van der Waals surface area contributed by atoms with Crippen molar-refractivity contribution in [1.29, 1.82) is 0 Å². The van der Waals surface area contributed by atoms with E-state index in [9.17, 15) is 4.79 Å². The zero-order valence-electron chi connectivity index (χ0n) is 14.7. The smallest absolute Gasteiger partial charge is 0.260 e. The molecule has 0 saturated carbocycles. The van der Waals surface area contributed by atoms with E-state index in [1.54, 1.807) is 0 Å². The summed E-state index contributed by atoms with van der Waals surface area (Å²) in [6.07, 6.45) is 0. The van der Waals surface area contributed by atoms with Crippen molar-refractivity contribution >= 4 is 27.5 Å². The molecule has 0 atom stereocenters. The van der Waals surface area contributed by atoms with Gasteiger partial charge in [-0.15, -0.1) is 0 Å². The Labute approximate surface area is 157 Å². The molecule has 0 radical (unpaired) electrons. The van der Waals surface area contributed by atoms with Crippen LogP contribution in [0.1, 0.15) is 11.1 Å². The number of benzene rings is 2. The van der Waals surface area contributed by atoms with Crippen LogP contribution in [0.15, 0.2) is 46.9 Å². The third kappa shape index (κ3) is 4.34. The van der Waals surface area contributed by atoms with E-state index in [0.29, 0.717) is 0 Å². The van der Waals surface area contributed by atoms with Crippen molar-refractivity contribution in [2.75, 3.05) is 37.7 Å². The van der Waals surface area contributed by atoms with Gasteiger partial charge in [-0.1, -0.05) is 34.1 Å². The van der Waals surface area contributed by atoms with Crippen LogP contribution in [0.25, 0.3) is 0 Å². The number of ether oxygens (including phenoxy) is 1. The molecule has 2 aromatic rings. The maximum atomic E-state index is 12.5. The standard InChI is InChI=1S/C20H23BrN2O2/c1-15-12-17(21)13-16(2)20(15)25-14-19(24)23-10-8-22(9-11-23)18-6-4-3-5-7-18/h3-7,12-13H,8-11,14H2,1-2H3. The van der Waals surface area contributed by atoms with Gasteiger partial charge in [0.1, 0.15) is 5.75 Å². The topological polar surface area (TPSA) is 32.8 Å². The number of carbonyl (C=O) groups is 1. The third-order valence-corrected chi connectivity index (χ3v) is 4.98. The summed E-state index contributed by atoms with van der Waals surface area (Å²) in [5, 5.41) is 0. The summed E-state index contributed by atoms with van der Waals surface area (Å²) in [5.74, 6) is 0.855. The van der Waals surface area contributed by atoms with Crippen molar-refractivity contribution in [3.8, 4) is 5.75 Å². The summed E-state index contributed by atoms with van der Waals surface area (Å²) in [6, 6.07) is 14.3. The van der Waals surface area contributed by atoms with E-state index < -0.39 is 0 Å². The summed E-state index contributed by atoms with van der Waals surface area (Å²) in [5.41, 5.74) is 3.29. The van der Waals surface area contributed by atoms with Crippen molar-refractivity contribution in [3.05, 3.63) is 58.1 Å². The zero-order chi connectivity index (χ0) is 17.8. The summed E-state index contributed by atoms with van der Waals surface area (Å²) >= 11 is 3.48. The van der Waals surface area contributed by atoms with E-state index in [4.69, 9.17) is 4.74 Å². The average molecular weight is 403 g/mol. The summed E-state index contributed by atoms with van der Waals surface area (Å²) in [7, 11) is 0. The number of nitrogens with zero attached hydrogens (tertiary/aromatic N) is 2. The van der Waals surface area contributed by atoms with E-state index in [2.05, 4.69) is 33.0 Å². The highest BCUT2D eigenvalue weighted by Gasteiger charge is 2.22. The van der Waals surface area contributed by atoms with E-state index >= 15 is 0 Å². The molecule has 1 fully saturated rings. The van der Waals surface area contributed by atoms with Crippen LogP contribution in [0.3, 0.4) is 0 Å². The lowest BCUT2D eigenvalue weighted by Gasteiger charge is -2.36. The molecule has 1 saturated heterocycles. The van der Waals surface area contributed by atoms with Crippen molar-refractivity contribution in [1.82, 2.24) is 4.90 Å². The van der Waals surface area contributed by atoms with Gasteiger partial charge in [-0.3, -0.25) is 4.79 Å². The molecule has 0 bridgehead atoms. The molecule has 1 amide bonds. The predicted molar refractivity (Wildman–Crippen MR) is 104 cm³/mol. The van der Waals surface area contributed by atoms with Gasteiger partial charge in [0.2, 0.25) is 0 Å². The van der Waals surface area contributed by atoms with E-state index in [1.807, 2.05) is 49.1 Å². The van der Waals surface area contributed by atoms with Crippen LogP contribution in [0, 0.1) is 13.8 Å². The maximum absolute atomic E-state index is 12.5. The minimum atomic E-state index is 0.0504. The van der Waals surface area contributed by atoms with Crippen LogP contribution < -0.4 is 9.64 Å². The van der Waals surface area contributed by atoms with Crippen LogP contribution in [0.2, 0.25) is 0 Å². The first-order valence-electron chi connectivity index (χ1n) is 8.52. The Morgan fingerprint density at radius 3 is 2.24 bits per heavy atom. The summed E-state index contributed by atoms with van der Waals surface area (Å²) in [4.78, 5) is 16.7. The zero-order valence-corrected chi connectivity index (χ0v) is 16.3. The largest absolute Gasteiger partial charge is 0.483 e. The van der Waals surface area contributed by atoms with Gasteiger partial charge in [-0.05, 0) is 49.2 Å². The Morgan fingerprint density at radius 2 is 1.64 bits per heavy atom. The number of para-hydroxylation sites is 1. The molecule has 0 spiro atoms. The molecular weight excluding hydrogens is 380 g/mol. The molecule has 132 valence electrons. The monoisotopic (exact) mass is 402 g/mol. The number of rotatable bonds is 4. The molecule has 2 aromatic carbocycles. The molecule has 1 heterocycles. The molecule has 0 aromatic heterocycles. The second kappa shape index (κ2) is 7.91. The third-order valence-electron chi connectivity index (χ3n) is 4.52. The van der Waals surface area contributed by atoms with Gasteiger partial charge in [0.05, 0.1) is 0 Å². The predicted octanol–water partition coefficient (Wildman–Crippen LogP) is 3.79. The molecule has 1 aliphatic heterocycles. The molecule has 0 unspecified atom stereocenters. The van der Waals surface area contributed by atoms with Crippen molar-refractivity contribution in [2.45, 2.75) is 13.8 Å². The number of aryl methyl sites for hydroxylation is 2. The summed E-state index contributed by atoms with van der Waals surface area (Å²) in [6.45, 7) is 7.25. The Morgan fingerprint density at radius 1 is 1.04 bits per heavy atom. The second-order valence-corrected chi connectivity index (χ2v) is 7.28.